The molecule has 1 aliphatic rings. The van der Waals surface area contributed by atoms with Crippen LogP contribution in [0.25, 0.3) is 6.08 Å². The number of hydrogen-bond acceptors (Lipinski definition) is 5. The zero-order valence-electron chi connectivity index (χ0n) is 17.4. The highest BCUT2D eigenvalue weighted by Gasteiger charge is 2.19. The van der Waals surface area contributed by atoms with Gasteiger partial charge in [-0.15, -0.1) is 12.4 Å². The van der Waals surface area contributed by atoms with Gasteiger partial charge in [-0.05, 0) is 42.0 Å². The van der Waals surface area contributed by atoms with Gasteiger partial charge in [-0.25, -0.2) is 0 Å². The van der Waals surface area contributed by atoms with Crippen molar-refractivity contribution in [3.63, 3.8) is 0 Å². The molecule has 1 aliphatic heterocycles. The Morgan fingerprint density at radius 2 is 1.91 bits per heavy atom. The lowest BCUT2D eigenvalue weighted by Crippen LogP contribution is -2.25. The number of benzene rings is 3. The highest BCUT2D eigenvalue weighted by atomic mass is 35.5. The molecule has 0 aliphatic carbocycles. The maximum Gasteiger partial charge on any atom is 0.270 e. The topological polar surface area (TPSA) is 67.6 Å². The molecular formula is C24H23Cl2N3O3. The van der Waals surface area contributed by atoms with Crippen LogP contribution in [0, 0.1) is 10.1 Å². The van der Waals surface area contributed by atoms with Crippen LogP contribution in [0.4, 0.5) is 11.4 Å². The Morgan fingerprint density at radius 3 is 2.66 bits per heavy atom. The van der Waals surface area contributed by atoms with Crippen LogP contribution in [-0.2, 0) is 0 Å². The summed E-state index contributed by atoms with van der Waals surface area (Å²) in [6.07, 6.45) is 3.89. The van der Waals surface area contributed by atoms with Gasteiger partial charge in [-0.1, -0.05) is 42.0 Å². The fraction of sp³-hybridized carbons (Fsp3) is 0.167. The van der Waals surface area contributed by atoms with Gasteiger partial charge in [-0.2, -0.15) is 0 Å². The van der Waals surface area contributed by atoms with E-state index >= 15 is 0 Å². The van der Waals surface area contributed by atoms with Crippen LogP contribution >= 0.6 is 24.0 Å². The van der Waals surface area contributed by atoms with Gasteiger partial charge in [0, 0.05) is 48.5 Å². The van der Waals surface area contributed by atoms with Crippen LogP contribution in [0.5, 0.6) is 11.5 Å². The molecule has 32 heavy (non-hydrogen) atoms. The van der Waals surface area contributed by atoms with E-state index in [-0.39, 0.29) is 24.1 Å². The van der Waals surface area contributed by atoms with Gasteiger partial charge in [0.25, 0.3) is 5.69 Å². The summed E-state index contributed by atoms with van der Waals surface area (Å²) in [5.41, 5.74) is 2.96. The first kappa shape index (κ1) is 23.6. The Bertz CT molecular complexity index is 1120. The standard InChI is InChI=1S/C24H22ClN3O3.ClH/c1-27-15-14-26-22(21-4-2-3-5-23(21)27)12-6-17-16-19(28(29)30)9-13-24(17)31-20-10-7-18(25)8-11-20;/h2-13,16,22,26H,14-15H2,1H3;1H/b12-6+;. The molecule has 8 heteroatoms. The Hall–Kier alpha value is -3.06. The number of anilines is 1. The number of likely N-dealkylation sites (N-methyl/N-ethyl adjacent to an activating group) is 1. The van der Waals surface area contributed by atoms with Gasteiger partial charge in [-0.3, -0.25) is 10.1 Å². The van der Waals surface area contributed by atoms with Crippen molar-refractivity contribution < 1.29 is 9.66 Å². The summed E-state index contributed by atoms with van der Waals surface area (Å²) in [4.78, 5) is 13.1. The van der Waals surface area contributed by atoms with Crippen molar-refractivity contribution in [3.8, 4) is 11.5 Å². The lowest BCUT2D eigenvalue weighted by molar-refractivity contribution is -0.384. The first-order valence-corrected chi connectivity index (χ1v) is 10.3. The van der Waals surface area contributed by atoms with Crippen molar-refractivity contribution >= 4 is 41.5 Å². The van der Waals surface area contributed by atoms with Crippen molar-refractivity contribution in [3.05, 3.63) is 99.1 Å². The first-order chi connectivity index (χ1) is 15.0. The summed E-state index contributed by atoms with van der Waals surface area (Å²) in [6.45, 7) is 1.71. The van der Waals surface area contributed by atoms with E-state index in [9.17, 15) is 10.1 Å². The Balaban J connectivity index is 0.00000289. The van der Waals surface area contributed by atoms with Gasteiger partial charge in [0.1, 0.15) is 11.5 Å². The van der Waals surface area contributed by atoms with Crippen molar-refractivity contribution in [1.29, 1.82) is 0 Å². The maximum absolute atomic E-state index is 11.3. The SMILES string of the molecule is CN1CCNC(/C=C/c2cc([N+](=O)[O-])ccc2Oc2ccc(Cl)cc2)c2ccccc21.Cl. The molecule has 1 unspecified atom stereocenters. The lowest BCUT2D eigenvalue weighted by atomic mass is 10.0. The molecule has 0 radical (unpaired) electrons. The second-order valence-corrected chi connectivity index (χ2v) is 7.74. The van der Waals surface area contributed by atoms with Crippen molar-refractivity contribution in [2.45, 2.75) is 6.04 Å². The summed E-state index contributed by atoms with van der Waals surface area (Å²) < 4.78 is 5.99. The minimum atomic E-state index is -0.405. The van der Waals surface area contributed by atoms with Crippen LogP contribution in [0.2, 0.25) is 5.02 Å². The summed E-state index contributed by atoms with van der Waals surface area (Å²) >= 11 is 5.95. The van der Waals surface area contributed by atoms with Gasteiger partial charge in [0.15, 0.2) is 0 Å². The average molecular weight is 472 g/mol. The fourth-order valence-electron chi connectivity index (χ4n) is 3.59. The largest absolute Gasteiger partial charge is 0.457 e. The average Bonchev–Trinajstić information content (AvgIpc) is 2.93. The van der Waals surface area contributed by atoms with Gasteiger partial charge >= 0.3 is 0 Å². The number of nitro groups is 1. The van der Waals surface area contributed by atoms with Crippen LogP contribution < -0.4 is 15.0 Å². The van der Waals surface area contributed by atoms with E-state index < -0.39 is 4.92 Å². The molecule has 1 N–H and O–H groups in total. The van der Waals surface area contributed by atoms with Gasteiger partial charge in [0.05, 0.1) is 11.0 Å². The number of rotatable bonds is 5. The number of fused-ring (bicyclic) bond motifs is 1. The number of nitro benzene ring substituents is 1. The quantitative estimate of drug-likeness (QED) is 0.351. The van der Waals surface area contributed by atoms with E-state index in [1.54, 1.807) is 30.3 Å². The highest BCUT2D eigenvalue weighted by Crippen LogP contribution is 2.33. The maximum atomic E-state index is 11.3. The van der Waals surface area contributed by atoms with E-state index in [1.165, 1.54) is 17.8 Å². The molecule has 0 bridgehead atoms. The Labute approximate surface area is 198 Å². The number of para-hydroxylation sites is 1. The van der Waals surface area contributed by atoms with Crippen molar-refractivity contribution in [2.24, 2.45) is 0 Å². The third kappa shape index (κ3) is 5.40. The van der Waals surface area contributed by atoms with E-state index in [2.05, 4.69) is 29.4 Å². The van der Waals surface area contributed by atoms with E-state index in [4.69, 9.17) is 16.3 Å². The molecule has 166 valence electrons. The molecule has 0 amide bonds. The predicted molar refractivity (Wildman–Crippen MR) is 131 cm³/mol. The number of nitrogens with one attached hydrogen (secondary N) is 1. The Morgan fingerprint density at radius 1 is 1.16 bits per heavy atom. The molecule has 1 atom stereocenters. The molecule has 4 rings (SSSR count). The van der Waals surface area contributed by atoms with E-state index in [0.717, 1.165) is 18.7 Å². The third-order valence-electron chi connectivity index (χ3n) is 5.21. The zero-order chi connectivity index (χ0) is 21.8. The molecule has 1 heterocycles. The molecule has 0 spiro atoms. The van der Waals surface area contributed by atoms with Crippen LogP contribution in [0.3, 0.4) is 0 Å². The number of halogens is 2. The summed E-state index contributed by atoms with van der Waals surface area (Å²) in [5, 5.41) is 15.5. The molecule has 0 fully saturated rings. The minimum absolute atomic E-state index is 0. The molecule has 0 aromatic heterocycles. The monoisotopic (exact) mass is 471 g/mol. The molecule has 3 aromatic rings. The second-order valence-electron chi connectivity index (χ2n) is 7.31. The Kier molecular flexibility index (Phi) is 7.75. The van der Waals surface area contributed by atoms with E-state index in [0.29, 0.717) is 22.1 Å². The summed E-state index contributed by atoms with van der Waals surface area (Å²) in [5.74, 6) is 1.13. The lowest BCUT2D eigenvalue weighted by Gasteiger charge is -2.19. The van der Waals surface area contributed by atoms with Crippen LogP contribution in [0.1, 0.15) is 17.2 Å². The zero-order valence-corrected chi connectivity index (χ0v) is 19.0. The van der Waals surface area contributed by atoms with Gasteiger partial charge in [0.2, 0.25) is 0 Å². The fourth-order valence-corrected chi connectivity index (χ4v) is 3.72. The van der Waals surface area contributed by atoms with Crippen molar-refractivity contribution in [2.75, 3.05) is 25.0 Å². The van der Waals surface area contributed by atoms with E-state index in [1.807, 2.05) is 24.3 Å². The van der Waals surface area contributed by atoms with Crippen molar-refractivity contribution in [1.82, 2.24) is 5.32 Å². The molecular weight excluding hydrogens is 449 g/mol. The van der Waals surface area contributed by atoms with Gasteiger partial charge < -0.3 is 15.0 Å². The number of ether oxygens (including phenoxy) is 1. The van der Waals surface area contributed by atoms with Crippen LogP contribution in [0.15, 0.2) is 72.8 Å². The first-order valence-electron chi connectivity index (χ1n) is 9.95. The normalized spacial score (nSPS) is 15.6. The molecule has 6 nitrogen and oxygen atoms in total. The molecule has 3 aromatic carbocycles. The summed E-state index contributed by atoms with van der Waals surface area (Å²) in [7, 11) is 2.07. The number of non-ortho nitro benzene ring substituents is 1. The minimum Gasteiger partial charge on any atom is -0.457 e. The molecule has 0 saturated carbocycles. The third-order valence-corrected chi connectivity index (χ3v) is 5.46. The summed E-state index contributed by atoms with van der Waals surface area (Å²) in [6, 6.07) is 19.8. The number of hydrogen-bond donors (Lipinski definition) is 1. The highest BCUT2D eigenvalue weighted by molar-refractivity contribution is 6.30. The molecule has 0 saturated heterocycles. The number of nitrogens with zero attached hydrogens (tertiary/aromatic N) is 2. The smallest absolute Gasteiger partial charge is 0.270 e. The van der Waals surface area contributed by atoms with Crippen LogP contribution in [-0.4, -0.2) is 25.1 Å². The predicted octanol–water partition coefficient (Wildman–Crippen LogP) is 6.26. The second kappa shape index (κ2) is 10.5.